The maximum Gasteiger partial charge on any atom is 0.233 e. The van der Waals surface area contributed by atoms with Gasteiger partial charge in [-0.15, -0.1) is 11.8 Å². The molecule has 0 aromatic heterocycles. The smallest absolute Gasteiger partial charge is 0.233 e. The van der Waals surface area contributed by atoms with Gasteiger partial charge in [0.15, 0.2) is 9.84 Å². The molecule has 2 unspecified atom stereocenters. The van der Waals surface area contributed by atoms with Crippen molar-refractivity contribution >= 4 is 27.5 Å². The fourth-order valence-corrected chi connectivity index (χ4v) is 3.70. The van der Waals surface area contributed by atoms with Crippen LogP contribution in [0.5, 0.6) is 0 Å². The first-order chi connectivity index (χ1) is 11.3. The number of rotatable bonds is 6. The fourth-order valence-electron chi connectivity index (χ4n) is 2.17. The molecule has 0 spiro atoms. The van der Waals surface area contributed by atoms with Gasteiger partial charge in [0, 0.05) is 11.2 Å². The maximum absolute atomic E-state index is 12.3. The summed E-state index contributed by atoms with van der Waals surface area (Å²) in [5.41, 5.74) is 0.868. The van der Waals surface area contributed by atoms with E-state index in [1.165, 1.54) is 18.0 Å². The molecule has 0 bridgehead atoms. The predicted octanol–water partition coefficient (Wildman–Crippen LogP) is 3.45. The Labute approximate surface area is 147 Å². The third-order valence-corrected chi connectivity index (χ3v) is 5.83. The van der Waals surface area contributed by atoms with Crippen molar-refractivity contribution in [1.29, 1.82) is 0 Å². The predicted molar refractivity (Wildman–Crippen MR) is 97.9 cm³/mol. The first-order valence-electron chi connectivity index (χ1n) is 7.59. The number of carbonyl (C=O) groups excluding carboxylic acids is 1. The van der Waals surface area contributed by atoms with Crippen LogP contribution < -0.4 is 5.32 Å². The van der Waals surface area contributed by atoms with Crippen LogP contribution in [0.3, 0.4) is 0 Å². The van der Waals surface area contributed by atoms with Gasteiger partial charge in [-0.2, -0.15) is 0 Å². The number of hydrogen-bond donors (Lipinski definition) is 1. The van der Waals surface area contributed by atoms with Gasteiger partial charge in [0.2, 0.25) is 5.91 Å². The van der Waals surface area contributed by atoms with E-state index in [1.807, 2.05) is 44.2 Å². The van der Waals surface area contributed by atoms with Crippen molar-refractivity contribution in [2.24, 2.45) is 0 Å². The normalized spacial score (nSPS) is 14.0. The maximum atomic E-state index is 12.3. The summed E-state index contributed by atoms with van der Waals surface area (Å²) in [5, 5.41) is 2.75. The molecule has 6 heteroatoms. The standard InChI is InChI=1S/C18H21NO3S2/c1-13(15-9-11-17(12-10-15)24(3,21)22)19-18(20)14(2)23-16-7-5-4-6-8-16/h4-14H,1-3H3,(H,19,20). The van der Waals surface area contributed by atoms with Crippen LogP contribution in [0.25, 0.3) is 0 Å². The largest absolute Gasteiger partial charge is 0.349 e. The van der Waals surface area contributed by atoms with Crippen LogP contribution in [0.2, 0.25) is 0 Å². The number of benzene rings is 2. The topological polar surface area (TPSA) is 63.2 Å². The van der Waals surface area contributed by atoms with Gasteiger partial charge in [-0.1, -0.05) is 30.3 Å². The third-order valence-electron chi connectivity index (χ3n) is 3.59. The third kappa shape index (κ3) is 5.11. The zero-order chi connectivity index (χ0) is 17.7. The summed E-state index contributed by atoms with van der Waals surface area (Å²) in [5.74, 6) is -0.0523. The molecule has 4 nitrogen and oxygen atoms in total. The van der Waals surface area contributed by atoms with E-state index in [2.05, 4.69) is 5.32 Å². The summed E-state index contributed by atoms with van der Waals surface area (Å²) in [6, 6.07) is 16.2. The summed E-state index contributed by atoms with van der Waals surface area (Å²) >= 11 is 1.50. The summed E-state index contributed by atoms with van der Waals surface area (Å²) in [6.45, 7) is 3.75. The molecule has 2 atom stereocenters. The molecule has 0 aliphatic heterocycles. The number of amides is 1. The Morgan fingerprint density at radius 1 is 1.00 bits per heavy atom. The highest BCUT2D eigenvalue weighted by molar-refractivity contribution is 8.00. The zero-order valence-corrected chi connectivity index (χ0v) is 15.5. The molecule has 2 aromatic carbocycles. The second kappa shape index (κ2) is 7.85. The number of sulfone groups is 1. The fraction of sp³-hybridized carbons (Fsp3) is 0.278. The molecule has 1 N–H and O–H groups in total. The van der Waals surface area contributed by atoms with E-state index in [0.29, 0.717) is 0 Å². The Bertz CT molecular complexity index is 787. The van der Waals surface area contributed by atoms with E-state index in [-0.39, 0.29) is 22.1 Å². The lowest BCUT2D eigenvalue weighted by Gasteiger charge is -2.18. The van der Waals surface area contributed by atoms with E-state index in [0.717, 1.165) is 10.5 Å². The molecule has 0 aliphatic rings. The Morgan fingerprint density at radius 3 is 2.12 bits per heavy atom. The molecule has 1 amide bonds. The van der Waals surface area contributed by atoms with Crippen LogP contribution in [0, 0.1) is 0 Å². The minimum atomic E-state index is -3.21. The Kier molecular flexibility index (Phi) is 6.07. The Hall–Kier alpha value is -1.79. The molecule has 0 heterocycles. The van der Waals surface area contributed by atoms with Crippen molar-refractivity contribution in [2.75, 3.05) is 6.26 Å². The van der Waals surface area contributed by atoms with Gasteiger partial charge in [-0.3, -0.25) is 4.79 Å². The van der Waals surface area contributed by atoms with Crippen molar-refractivity contribution in [1.82, 2.24) is 5.32 Å². The minimum Gasteiger partial charge on any atom is -0.349 e. The Balaban J connectivity index is 1.98. The molecule has 0 fully saturated rings. The molecule has 0 saturated heterocycles. The highest BCUT2D eigenvalue weighted by atomic mass is 32.2. The molecule has 0 aliphatic carbocycles. The van der Waals surface area contributed by atoms with Crippen molar-refractivity contribution in [3.05, 3.63) is 60.2 Å². The first-order valence-corrected chi connectivity index (χ1v) is 10.4. The second-order valence-corrected chi connectivity index (χ2v) is 9.07. The van der Waals surface area contributed by atoms with E-state index in [1.54, 1.807) is 24.3 Å². The van der Waals surface area contributed by atoms with Crippen molar-refractivity contribution in [3.8, 4) is 0 Å². The molecule has 2 rings (SSSR count). The highest BCUT2D eigenvalue weighted by Gasteiger charge is 2.17. The molecule has 128 valence electrons. The van der Waals surface area contributed by atoms with Gasteiger partial charge in [-0.05, 0) is 43.7 Å². The molecule has 0 radical (unpaired) electrons. The SMILES string of the molecule is CC(Sc1ccccc1)C(=O)NC(C)c1ccc(S(C)(=O)=O)cc1. The summed E-state index contributed by atoms with van der Waals surface area (Å²) in [6.07, 6.45) is 1.18. The van der Waals surface area contributed by atoms with Gasteiger partial charge in [0.05, 0.1) is 16.2 Å². The lowest BCUT2D eigenvalue weighted by molar-refractivity contribution is -0.120. The lowest BCUT2D eigenvalue weighted by atomic mass is 10.1. The van der Waals surface area contributed by atoms with Crippen LogP contribution >= 0.6 is 11.8 Å². The molecule has 24 heavy (non-hydrogen) atoms. The van der Waals surface area contributed by atoms with Crippen LogP contribution in [0.4, 0.5) is 0 Å². The summed E-state index contributed by atoms with van der Waals surface area (Å²) in [7, 11) is -3.21. The molecular weight excluding hydrogens is 342 g/mol. The van der Waals surface area contributed by atoms with E-state index >= 15 is 0 Å². The van der Waals surface area contributed by atoms with E-state index in [4.69, 9.17) is 0 Å². The number of carbonyl (C=O) groups is 1. The monoisotopic (exact) mass is 363 g/mol. The molecule has 0 saturated carbocycles. The first kappa shape index (κ1) is 18.5. The average molecular weight is 364 g/mol. The van der Waals surface area contributed by atoms with E-state index < -0.39 is 9.84 Å². The number of thioether (sulfide) groups is 1. The second-order valence-electron chi connectivity index (χ2n) is 5.64. The van der Waals surface area contributed by atoms with Crippen molar-refractivity contribution in [2.45, 2.75) is 34.9 Å². The van der Waals surface area contributed by atoms with Gasteiger partial charge in [0.25, 0.3) is 0 Å². The average Bonchev–Trinajstić information content (AvgIpc) is 2.55. The number of nitrogens with one attached hydrogen (secondary N) is 1. The summed E-state index contributed by atoms with van der Waals surface area (Å²) in [4.78, 5) is 13.7. The van der Waals surface area contributed by atoms with Gasteiger partial charge < -0.3 is 5.32 Å². The van der Waals surface area contributed by atoms with Gasteiger partial charge in [-0.25, -0.2) is 8.42 Å². The number of hydrogen-bond acceptors (Lipinski definition) is 4. The highest BCUT2D eigenvalue weighted by Crippen LogP contribution is 2.24. The van der Waals surface area contributed by atoms with Crippen LogP contribution in [0.1, 0.15) is 25.5 Å². The van der Waals surface area contributed by atoms with Gasteiger partial charge >= 0.3 is 0 Å². The van der Waals surface area contributed by atoms with Crippen LogP contribution in [-0.4, -0.2) is 25.8 Å². The Morgan fingerprint density at radius 2 is 1.58 bits per heavy atom. The van der Waals surface area contributed by atoms with Crippen molar-refractivity contribution < 1.29 is 13.2 Å². The molecule has 2 aromatic rings. The quantitative estimate of drug-likeness (QED) is 0.799. The van der Waals surface area contributed by atoms with Gasteiger partial charge in [0.1, 0.15) is 0 Å². The van der Waals surface area contributed by atoms with Crippen molar-refractivity contribution in [3.63, 3.8) is 0 Å². The van der Waals surface area contributed by atoms with Crippen LogP contribution in [0.15, 0.2) is 64.4 Å². The lowest BCUT2D eigenvalue weighted by Crippen LogP contribution is -2.33. The minimum absolute atomic E-state index is 0.0523. The zero-order valence-electron chi connectivity index (χ0n) is 13.9. The summed E-state index contributed by atoms with van der Waals surface area (Å²) < 4.78 is 23.0. The molecular formula is C18H21NO3S2. The van der Waals surface area contributed by atoms with Crippen LogP contribution in [-0.2, 0) is 14.6 Å². The van der Waals surface area contributed by atoms with E-state index in [9.17, 15) is 13.2 Å².